The first kappa shape index (κ1) is 20.4. The predicted molar refractivity (Wildman–Crippen MR) is 95.7 cm³/mol. The molecule has 0 aromatic carbocycles. The number of methoxy groups -OCH3 is 1. The quantitative estimate of drug-likeness (QED) is 0.516. The van der Waals surface area contributed by atoms with Crippen molar-refractivity contribution in [1.29, 1.82) is 0 Å². The van der Waals surface area contributed by atoms with Gasteiger partial charge in [0.25, 0.3) is 0 Å². The summed E-state index contributed by atoms with van der Waals surface area (Å²) in [7, 11) is 1.36. The molecule has 0 N–H and O–H groups in total. The third-order valence-electron chi connectivity index (χ3n) is 4.44. The molecule has 2 heterocycles. The Bertz CT molecular complexity index is 842. The number of Topliss-reactive ketones (excluding diaryl/α,β-unsaturated/α-hetero) is 1. The van der Waals surface area contributed by atoms with E-state index >= 15 is 0 Å². The van der Waals surface area contributed by atoms with Crippen LogP contribution in [0.3, 0.4) is 0 Å². The Hall–Kier alpha value is -2.90. The lowest BCUT2D eigenvalue weighted by atomic mass is 10.1. The molecular formula is C19H24N2O6. The van der Waals surface area contributed by atoms with Crippen molar-refractivity contribution < 1.29 is 28.4 Å². The standard InChI is InChI=1S/C19H24N2O6/c1-11-9-15(13(3)21(11)8-6-7-17(23)25-5)16(22)10-26-19(24)18-12(2)20-27-14(18)4/h9H,6-8,10H2,1-5H3. The number of ether oxygens (including phenoxy) is 2. The summed E-state index contributed by atoms with van der Waals surface area (Å²) < 4.78 is 16.7. The number of aryl methyl sites for hydroxylation is 3. The fourth-order valence-electron chi connectivity index (χ4n) is 2.97. The molecule has 0 aliphatic rings. The predicted octanol–water partition coefficient (Wildman–Crippen LogP) is 2.70. The summed E-state index contributed by atoms with van der Waals surface area (Å²) in [6, 6.07) is 1.76. The molecule has 146 valence electrons. The van der Waals surface area contributed by atoms with Crippen LogP contribution in [0.15, 0.2) is 10.6 Å². The van der Waals surface area contributed by atoms with Crippen LogP contribution in [0.2, 0.25) is 0 Å². The van der Waals surface area contributed by atoms with Crippen molar-refractivity contribution in [3.05, 3.63) is 40.0 Å². The third kappa shape index (κ3) is 4.64. The molecule has 27 heavy (non-hydrogen) atoms. The zero-order valence-electron chi connectivity index (χ0n) is 16.2. The summed E-state index contributed by atoms with van der Waals surface area (Å²) in [4.78, 5) is 35.9. The van der Waals surface area contributed by atoms with E-state index in [9.17, 15) is 14.4 Å². The average Bonchev–Trinajstić information content (AvgIpc) is 3.12. The molecule has 0 atom stereocenters. The first-order valence-electron chi connectivity index (χ1n) is 8.63. The van der Waals surface area contributed by atoms with Crippen molar-refractivity contribution in [2.24, 2.45) is 0 Å². The number of hydrogen-bond donors (Lipinski definition) is 0. The molecule has 0 bridgehead atoms. The fraction of sp³-hybridized carbons (Fsp3) is 0.474. The Kier molecular flexibility index (Phi) is 6.55. The SMILES string of the molecule is COC(=O)CCCn1c(C)cc(C(=O)COC(=O)c2c(C)noc2C)c1C. The minimum absolute atomic E-state index is 0.246. The molecule has 0 amide bonds. The van der Waals surface area contributed by atoms with Gasteiger partial charge in [-0.2, -0.15) is 0 Å². The summed E-state index contributed by atoms with van der Waals surface area (Å²) in [6.07, 6.45) is 0.920. The Morgan fingerprint density at radius 3 is 2.48 bits per heavy atom. The number of aromatic nitrogens is 2. The highest BCUT2D eigenvalue weighted by Gasteiger charge is 2.22. The number of hydrogen-bond acceptors (Lipinski definition) is 7. The molecule has 0 radical (unpaired) electrons. The summed E-state index contributed by atoms with van der Waals surface area (Å²) in [6.45, 7) is 7.19. The number of nitrogens with zero attached hydrogens (tertiary/aromatic N) is 2. The van der Waals surface area contributed by atoms with Gasteiger partial charge in [0.1, 0.15) is 11.3 Å². The van der Waals surface area contributed by atoms with E-state index in [1.54, 1.807) is 19.9 Å². The van der Waals surface area contributed by atoms with Gasteiger partial charge in [0.15, 0.2) is 6.61 Å². The van der Waals surface area contributed by atoms with Gasteiger partial charge < -0.3 is 18.6 Å². The maximum atomic E-state index is 12.5. The highest BCUT2D eigenvalue weighted by Crippen LogP contribution is 2.18. The first-order chi connectivity index (χ1) is 12.8. The lowest BCUT2D eigenvalue weighted by molar-refractivity contribution is -0.140. The van der Waals surface area contributed by atoms with E-state index in [2.05, 4.69) is 9.89 Å². The summed E-state index contributed by atoms with van der Waals surface area (Å²) in [5, 5.41) is 3.70. The third-order valence-corrected chi connectivity index (χ3v) is 4.44. The Morgan fingerprint density at radius 2 is 1.89 bits per heavy atom. The van der Waals surface area contributed by atoms with Crippen LogP contribution < -0.4 is 0 Å². The van der Waals surface area contributed by atoms with Crippen LogP contribution in [-0.2, 0) is 20.8 Å². The second kappa shape index (κ2) is 8.66. The molecule has 0 fully saturated rings. The number of carbonyl (C=O) groups is 3. The second-order valence-electron chi connectivity index (χ2n) is 6.31. The monoisotopic (exact) mass is 376 g/mol. The molecule has 8 heteroatoms. The molecule has 2 aromatic heterocycles. The van der Waals surface area contributed by atoms with Gasteiger partial charge in [0.05, 0.1) is 12.8 Å². The normalized spacial score (nSPS) is 10.7. The van der Waals surface area contributed by atoms with Crippen molar-refractivity contribution in [3.8, 4) is 0 Å². The first-order valence-corrected chi connectivity index (χ1v) is 8.63. The van der Waals surface area contributed by atoms with E-state index in [0.717, 1.165) is 11.4 Å². The van der Waals surface area contributed by atoms with Crippen LogP contribution in [0.4, 0.5) is 0 Å². The smallest absolute Gasteiger partial charge is 0.344 e. The zero-order chi connectivity index (χ0) is 20.1. The summed E-state index contributed by atoms with van der Waals surface area (Å²) >= 11 is 0. The maximum Gasteiger partial charge on any atom is 0.344 e. The van der Waals surface area contributed by atoms with Crippen molar-refractivity contribution in [2.45, 2.75) is 47.1 Å². The van der Waals surface area contributed by atoms with Crippen molar-refractivity contribution >= 4 is 17.7 Å². The fourth-order valence-corrected chi connectivity index (χ4v) is 2.97. The van der Waals surface area contributed by atoms with Gasteiger partial charge in [-0.3, -0.25) is 9.59 Å². The minimum atomic E-state index is -0.633. The van der Waals surface area contributed by atoms with Crippen LogP contribution in [0, 0.1) is 27.7 Å². The molecule has 0 aliphatic carbocycles. The summed E-state index contributed by atoms with van der Waals surface area (Å²) in [5.41, 5.74) is 2.84. The molecule has 0 saturated heterocycles. The minimum Gasteiger partial charge on any atom is -0.469 e. The molecule has 0 spiro atoms. The van der Waals surface area contributed by atoms with Gasteiger partial charge >= 0.3 is 11.9 Å². The molecule has 0 saturated carbocycles. The van der Waals surface area contributed by atoms with Gasteiger partial charge in [-0.15, -0.1) is 0 Å². The lowest BCUT2D eigenvalue weighted by Crippen LogP contribution is -2.16. The van der Waals surface area contributed by atoms with Crippen LogP contribution in [0.25, 0.3) is 0 Å². The van der Waals surface area contributed by atoms with Gasteiger partial charge in [0.2, 0.25) is 5.78 Å². The van der Waals surface area contributed by atoms with Gasteiger partial charge in [-0.05, 0) is 40.2 Å². The van der Waals surface area contributed by atoms with Crippen molar-refractivity contribution in [3.63, 3.8) is 0 Å². The van der Waals surface area contributed by atoms with E-state index in [1.165, 1.54) is 7.11 Å². The van der Waals surface area contributed by atoms with E-state index in [0.29, 0.717) is 36.4 Å². The van der Waals surface area contributed by atoms with E-state index < -0.39 is 5.97 Å². The summed E-state index contributed by atoms with van der Waals surface area (Å²) in [5.74, 6) is -0.831. The number of esters is 2. The van der Waals surface area contributed by atoms with Gasteiger partial charge in [-0.25, -0.2) is 4.79 Å². The molecule has 2 rings (SSSR count). The zero-order valence-corrected chi connectivity index (χ0v) is 16.2. The molecule has 8 nitrogen and oxygen atoms in total. The second-order valence-corrected chi connectivity index (χ2v) is 6.31. The topological polar surface area (TPSA) is 101 Å². The highest BCUT2D eigenvalue weighted by molar-refractivity contribution is 6.00. The number of ketones is 1. The van der Waals surface area contributed by atoms with E-state index in [-0.39, 0.29) is 23.9 Å². The number of rotatable bonds is 8. The maximum absolute atomic E-state index is 12.5. The van der Waals surface area contributed by atoms with Crippen LogP contribution in [0.1, 0.15) is 56.4 Å². The van der Waals surface area contributed by atoms with Gasteiger partial charge in [0, 0.05) is 29.9 Å². The molecule has 0 unspecified atom stereocenters. The van der Waals surface area contributed by atoms with Crippen LogP contribution in [-0.4, -0.2) is 41.2 Å². The highest BCUT2D eigenvalue weighted by atomic mass is 16.5. The van der Waals surface area contributed by atoms with Crippen LogP contribution in [0.5, 0.6) is 0 Å². The largest absolute Gasteiger partial charge is 0.469 e. The van der Waals surface area contributed by atoms with Gasteiger partial charge in [-0.1, -0.05) is 5.16 Å². The molecular weight excluding hydrogens is 352 g/mol. The van der Waals surface area contributed by atoms with Crippen LogP contribution >= 0.6 is 0 Å². The molecule has 0 aliphatic heterocycles. The molecule has 2 aromatic rings. The Labute approximate surface area is 157 Å². The number of carbonyl (C=O) groups excluding carboxylic acids is 3. The Morgan fingerprint density at radius 1 is 1.19 bits per heavy atom. The van der Waals surface area contributed by atoms with E-state index in [1.807, 2.05) is 18.4 Å². The van der Waals surface area contributed by atoms with E-state index in [4.69, 9.17) is 9.26 Å². The lowest BCUT2D eigenvalue weighted by Gasteiger charge is -2.09. The average molecular weight is 376 g/mol. The van der Waals surface area contributed by atoms with Crippen molar-refractivity contribution in [2.75, 3.05) is 13.7 Å². The Balaban J connectivity index is 2.01. The van der Waals surface area contributed by atoms with Crippen molar-refractivity contribution in [1.82, 2.24) is 9.72 Å².